The minimum Gasteiger partial charge on any atom is -0.321 e. The molecule has 0 fully saturated rings. The number of rotatable bonds is 4. The van der Waals surface area contributed by atoms with E-state index in [1.807, 2.05) is 29.9 Å². The second-order valence-corrected chi connectivity index (χ2v) is 6.45. The average molecular weight is 324 g/mol. The molecule has 4 aromatic heterocycles. The lowest BCUT2D eigenvalue weighted by Gasteiger charge is -2.13. The quantitative estimate of drug-likeness (QED) is 0.577. The van der Waals surface area contributed by atoms with E-state index in [4.69, 9.17) is 4.98 Å². The molecule has 0 aromatic carbocycles. The summed E-state index contributed by atoms with van der Waals surface area (Å²) >= 11 is 1.59. The molecule has 7 heteroatoms. The van der Waals surface area contributed by atoms with Crippen molar-refractivity contribution >= 4 is 22.5 Å². The van der Waals surface area contributed by atoms with Gasteiger partial charge in [-0.05, 0) is 26.0 Å². The molecule has 23 heavy (non-hydrogen) atoms. The van der Waals surface area contributed by atoms with Crippen molar-refractivity contribution in [3.8, 4) is 10.8 Å². The van der Waals surface area contributed by atoms with E-state index in [1.54, 1.807) is 23.7 Å². The highest BCUT2D eigenvalue weighted by atomic mass is 32.1. The fourth-order valence-electron chi connectivity index (χ4n) is 2.75. The zero-order valence-corrected chi connectivity index (χ0v) is 13.7. The summed E-state index contributed by atoms with van der Waals surface area (Å²) in [6.45, 7) is 4.94. The monoisotopic (exact) mass is 324 g/mol. The van der Waals surface area contributed by atoms with Crippen LogP contribution in [0.2, 0.25) is 0 Å². The van der Waals surface area contributed by atoms with Crippen molar-refractivity contribution in [2.45, 2.75) is 26.4 Å². The topological polar surface area (TPSA) is 61.4 Å². The summed E-state index contributed by atoms with van der Waals surface area (Å²) in [6, 6.07) is 4.21. The minimum atomic E-state index is 0.289. The summed E-state index contributed by atoms with van der Waals surface area (Å²) in [4.78, 5) is 18.1. The molecule has 0 unspecified atom stereocenters. The first-order chi connectivity index (χ1) is 11.2. The molecule has 0 saturated carbocycles. The lowest BCUT2D eigenvalue weighted by molar-refractivity contribution is 0.565. The Morgan fingerprint density at radius 3 is 2.83 bits per heavy atom. The van der Waals surface area contributed by atoms with Crippen LogP contribution in [-0.4, -0.2) is 29.1 Å². The van der Waals surface area contributed by atoms with Crippen molar-refractivity contribution in [2.75, 3.05) is 0 Å². The fourth-order valence-corrected chi connectivity index (χ4v) is 3.40. The van der Waals surface area contributed by atoms with Crippen LogP contribution in [0.5, 0.6) is 0 Å². The summed E-state index contributed by atoms with van der Waals surface area (Å²) in [7, 11) is 0. The molecule has 0 spiro atoms. The lowest BCUT2D eigenvalue weighted by Crippen LogP contribution is -2.11. The molecule has 4 heterocycles. The van der Waals surface area contributed by atoms with Gasteiger partial charge in [0.25, 0.3) is 0 Å². The Bertz CT molecular complexity index is 935. The number of pyridine rings is 1. The van der Waals surface area contributed by atoms with Gasteiger partial charge in [0.05, 0.1) is 6.54 Å². The third kappa shape index (κ3) is 2.43. The van der Waals surface area contributed by atoms with Crippen LogP contribution >= 0.6 is 11.3 Å². The summed E-state index contributed by atoms with van der Waals surface area (Å²) in [5, 5.41) is 2.88. The number of thiazole rings is 1. The number of hydrogen-bond donors (Lipinski definition) is 0. The molecule has 116 valence electrons. The molecule has 0 bridgehead atoms. The Kier molecular flexibility index (Phi) is 3.42. The van der Waals surface area contributed by atoms with Gasteiger partial charge in [0.1, 0.15) is 11.3 Å². The second-order valence-electron chi connectivity index (χ2n) is 5.55. The van der Waals surface area contributed by atoms with Gasteiger partial charge in [-0.2, -0.15) is 0 Å². The van der Waals surface area contributed by atoms with E-state index < -0.39 is 0 Å². The molecule has 0 aliphatic carbocycles. The minimum absolute atomic E-state index is 0.289. The van der Waals surface area contributed by atoms with Crippen molar-refractivity contribution in [1.29, 1.82) is 0 Å². The average Bonchev–Trinajstić information content (AvgIpc) is 3.25. The summed E-state index contributed by atoms with van der Waals surface area (Å²) in [5.41, 5.74) is 1.85. The van der Waals surface area contributed by atoms with Crippen LogP contribution in [0.3, 0.4) is 0 Å². The Morgan fingerprint density at radius 1 is 1.13 bits per heavy atom. The van der Waals surface area contributed by atoms with Gasteiger partial charge in [0.15, 0.2) is 16.5 Å². The van der Waals surface area contributed by atoms with Crippen LogP contribution in [0, 0.1) is 0 Å². The zero-order chi connectivity index (χ0) is 15.8. The normalized spacial score (nSPS) is 11.6. The van der Waals surface area contributed by atoms with Crippen molar-refractivity contribution < 1.29 is 0 Å². The Hall–Kier alpha value is -2.54. The molecule has 0 aliphatic heterocycles. The maximum atomic E-state index is 4.77. The van der Waals surface area contributed by atoms with Crippen LogP contribution in [0.4, 0.5) is 0 Å². The predicted octanol–water partition coefficient (Wildman–Crippen LogP) is 3.38. The van der Waals surface area contributed by atoms with E-state index in [1.165, 1.54) is 0 Å². The highest BCUT2D eigenvalue weighted by Gasteiger charge is 2.16. The third-order valence-electron chi connectivity index (χ3n) is 3.69. The van der Waals surface area contributed by atoms with E-state index in [2.05, 4.69) is 37.9 Å². The molecule has 0 N–H and O–H groups in total. The SMILES string of the molecule is CC(C)n1c(Cn2ccnc2-c2nccs2)nc2cccnc21. The summed E-state index contributed by atoms with van der Waals surface area (Å²) in [5.74, 6) is 1.85. The van der Waals surface area contributed by atoms with Crippen molar-refractivity contribution in [2.24, 2.45) is 0 Å². The summed E-state index contributed by atoms with van der Waals surface area (Å²) < 4.78 is 4.26. The number of nitrogens with zero attached hydrogens (tertiary/aromatic N) is 6. The molecule has 4 rings (SSSR count). The molecular formula is C16H16N6S. The third-order valence-corrected chi connectivity index (χ3v) is 4.46. The zero-order valence-electron chi connectivity index (χ0n) is 12.9. The van der Waals surface area contributed by atoms with Gasteiger partial charge in [0, 0.05) is 36.2 Å². The van der Waals surface area contributed by atoms with Crippen LogP contribution in [0.1, 0.15) is 25.7 Å². The van der Waals surface area contributed by atoms with Crippen molar-refractivity contribution in [3.63, 3.8) is 0 Å². The van der Waals surface area contributed by atoms with Crippen LogP contribution in [0.15, 0.2) is 42.3 Å². The van der Waals surface area contributed by atoms with E-state index in [9.17, 15) is 0 Å². The smallest absolute Gasteiger partial charge is 0.169 e. The first kappa shape index (κ1) is 14.1. The van der Waals surface area contributed by atoms with E-state index in [0.717, 1.165) is 27.8 Å². The maximum Gasteiger partial charge on any atom is 0.169 e. The lowest BCUT2D eigenvalue weighted by atomic mass is 10.3. The van der Waals surface area contributed by atoms with Gasteiger partial charge < -0.3 is 9.13 Å². The molecule has 0 aliphatic rings. The van der Waals surface area contributed by atoms with Gasteiger partial charge in [-0.1, -0.05) is 0 Å². The molecule has 0 amide bonds. The van der Waals surface area contributed by atoms with E-state index >= 15 is 0 Å². The molecule has 0 atom stereocenters. The number of fused-ring (bicyclic) bond motifs is 1. The van der Waals surface area contributed by atoms with Crippen molar-refractivity contribution in [3.05, 3.63) is 48.1 Å². The van der Waals surface area contributed by atoms with Gasteiger partial charge in [-0.25, -0.2) is 19.9 Å². The summed E-state index contributed by atoms with van der Waals surface area (Å²) in [6.07, 6.45) is 7.38. The molecule has 0 radical (unpaired) electrons. The first-order valence-electron chi connectivity index (χ1n) is 7.47. The number of imidazole rings is 2. The fraction of sp³-hybridized carbons (Fsp3) is 0.250. The van der Waals surface area contributed by atoms with Crippen LogP contribution in [-0.2, 0) is 6.54 Å². The number of aromatic nitrogens is 6. The Balaban J connectivity index is 1.80. The Morgan fingerprint density at radius 2 is 2.04 bits per heavy atom. The highest BCUT2D eigenvalue weighted by molar-refractivity contribution is 7.13. The van der Waals surface area contributed by atoms with Crippen LogP contribution in [0.25, 0.3) is 22.0 Å². The first-order valence-corrected chi connectivity index (χ1v) is 8.35. The van der Waals surface area contributed by atoms with Crippen molar-refractivity contribution in [1.82, 2.24) is 29.1 Å². The maximum absolute atomic E-state index is 4.77. The number of hydrogen-bond acceptors (Lipinski definition) is 5. The van der Waals surface area contributed by atoms with Gasteiger partial charge in [0.2, 0.25) is 0 Å². The van der Waals surface area contributed by atoms with Gasteiger partial charge >= 0.3 is 0 Å². The second kappa shape index (κ2) is 5.58. The molecule has 0 saturated heterocycles. The van der Waals surface area contributed by atoms with E-state index in [0.29, 0.717) is 6.54 Å². The Labute approximate surface area is 137 Å². The standard InChI is InChI=1S/C16H16N6S/c1-11(2)22-13(20-12-4-3-5-17-14(12)22)10-21-8-6-18-15(21)16-19-7-9-23-16/h3-9,11H,10H2,1-2H3. The van der Waals surface area contributed by atoms with E-state index in [-0.39, 0.29) is 6.04 Å². The van der Waals surface area contributed by atoms with Gasteiger partial charge in [-0.15, -0.1) is 11.3 Å². The van der Waals surface area contributed by atoms with Gasteiger partial charge in [-0.3, -0.25) is 0 Å². The predicted molar refractivity (Wildman–Crippen MR) is 90.4 cm³/mol. The van der Waals surface area contributed by atoms with Crippen LogP contribution < -0.4 is 0 Å². The molecule has 4 aromatic rings. The molecule has 6 nitrogen and oxygen atoms in total. The largest absolute Gasteiger partial charge is 0.321 e. The molecular weight excluding hydrogens is 308 g/mol. The highest BCUT2D eigenvalue weighted by Crippen LogP contribution is 2.23.